The summed E-state index contributed by atoms with van der Waals surface area (Å²) in [7, 11) is 0. The number of rotatable bonds is 4. The first-order chi connectivity index (χ1) is 10.5. The summed E-state index contributed by atoms with van der Waals surface area (Å²) in [5.74, 6) is 0.262. The molecular formula is C15H14FN3O2S. The number of hydrogen-bond acceptors (Lipinski definition) is 6. The lowest BCUT2D eigenvalue weighted by atomic mass is 10.2. The van der Waals surface area contributed by atoms with Crippen LogP contribution in [0.4, 0.5) is 4.39 Å². The van der Waals surface area contributed by atoms with Gasteiger partial charge in [0.1, 0.15) is 11.6 Å². The molecule has 2 heterocycles. The van der Waals surface area contributed by atoms with Gasteiger partial charge in [0.15, 0.2) is 5.82 Å². The van der Waals surface area contributed by atoms with Crippen molar-refractivity contribution < 1.29 is 14.0 Å². The van der Waals surface area contributed by atoms with E-state index in [-0.39, 0.29) is 11.6 Å². The molecule has 114 valence electrons. The van der Waals surface area contributed by atoms with Gasteiger partial charge in [0.2, 0.25) is 0 Å². The Bertz CT molecular complexity index is 798. The van der Waals surface area contributed by atoms with Crippen LogP contribution in [0.25, 0.3) is 11.5 Å². The highest BCUT2D eigenvalue weighted by Crippen LogP contribution is 2.28. The predicted molar refractivity (Wildman–Crippen MR) is 80.4 cm³/mol. The summed E-state index contributed by atoms with van der Waals surface area (Å²) < 4.78 is 18.1. The molecule has 0 spiro atoms. The van der Waals surface area contributed by atoms with Crippen molar-refractivity contribution in [1.82, 2.24) is 15.1 Å². The van der Waals surface area contributed by atoms with Gasteiger partial charge < -0.3 is 9.63 Å². The minimum absolute atomic E-state index is 0.159. The van der Waals surface area contributed by atoms with Gasteiger partial charge in [0.05, 0.1) is 22.7 Å². The van der Waals surface area contributed by atoms with Crippen LogP contribution in [0.3, 0.4) is 0 Å². The van der Waals surface area contributed by atoms with Crippen molar-refractivity contribution in [3.63, 3.8) is 0 Å². The van der Waals surface area contributed by atoms with Crippen LogP contribution in [0.5, 0.6) is 5.75 Å². The highest BCUT2D eigenvalue weighted by Gasteiger charge is 2.15. The number of aromatic nitrogens is 3. The molecule has 1 aromatic carbocycles. The van der Waals surface area contributed by atoms with Gasteiger partial charge in [-0.1, -0.05) is 19.0 Å². The fourth-order valence-electron chi connectivity index (χ4n) is 1.95. The Labute approximate surface area is 130 Å². The van der Waals surface area contributed by atoms with E-state index in [1.54, 1.807) is 11.3 Å². The second kappa shape index (κ2) is 5.84. The largest absolute Gasteiger partial charge is 0.507 e. The maximum atomic E-state index is 13.0. The predicted octanol–water partition coefficient (Wildman–Crippen LogP) is 3.75. The Morgan fingerprint density at radius 1 is 1.32 bits per heavy atom. The molecule has 0 saturated carbocycles. The average Bonchev–Trinajstić information content (AvgIpc) is 3.09. The van der Waals surface area contributed by atoms with Crippen molar-refractivity contribution >= 4 is 11.3 Å². The molecule has 3 rings (SSSR count). The molecule has 0 unspecified atom stereocenters. The Morgan fingerprint density at radius 2 is 2.14 bits per heavy atom. The van der Waals surface area contributed by atoms with E-state index in [1.807, 2.05) is 5.38 Å². The molecule has 0 atom stereocenters. The fraction of sp³-hybridized carbons (Fsp3) is 0.267. The summed E-state index contributed by atoms with van der Waals surface area (Å²) in [6.07, 6.45) is 0.453. The molecule has 0 saturated heterocycles. The quantitative estimate of drug-likeness (QED) is 0.793. The van der Waals surface area contributed by atoms with Crippen molar-refractivity contribution in [1.29, 1.82) is 0 Å². The smallest absolute Gasteiger partial charge is 0.261 e. The number of benzene rings is 1. The topological polar surface area (TPSA) is 72.0 Å². The monoisotopic (exact) mass is 319 g/mol. The zero-order valence-electron chi connectivity index (χ0n) is 12.1. The van der Waals surface area contributed by atoms with Crippen LogP contribution in [0.1, 0.15) is 36.3 Å². The summed E-state index contributed by atoms with van der Waals surface area (Å²) in [6, 6.07) is 3.64. The molecule has 3 aromatic rings. The third kappa shape index (κ3) is 2.99. The molecule has 0 fully saturated rings. The summed E-state index contributed by atoms with van der Waals surface area (Å²) >= 11 is 1.61. The Morgan fingerprint density at radius 3 is 2.82 bits per heavy atom. The third-order valence-corrected chi connectivity index (χ3v) is 4.26. The van der Waals surface area contributed by atoms with Gasteiger partial charge >= 0.3 is 0 Å². The van der Waals surface area contributed by atoms with Crippen LogP contribution in [0.2, 0.25) is 0 Å². The molecule has 0 bridgehead atoms. The van der Waals surface area contributed by atoms with Gasteiger partial charge in [0.25, 0.3) is 5.89 Å². The van der Waals surface area contributed by atoms with Crippen molar-refractivity contribution in [2.45, 2.75) is 26.2 Å². The molecular weight excluding hydrogens is 305 g/mol. The van der Waals surface area contributed by atoms with Crippen LogP contribution in [-0.4, -0.2) is 20.2 Å². The first kappa shape index (κ1) is 14.6. The van der Waals surface area contributed by atoms with Crippen molar-refractivity contribution in [2.24, 2.45) is 0 Å². The van der Waals surface area contributed by atoms with E-state index in [0.717, 1.165) is 16.8 Å². The minimum atomic E-state index is -0.523. The van der Waals surface area contributed by atoms with Gasteiger partial charge in [-0.3, -0.25) is 0 Å². The molecule has 0 aliphatic rings. The second-order valence-electron chi connectivity index (χ2n) is 5.19. The van der Waals surface area contributed by atoms with E-state index in [1.165, 1.54) is 12.1 Å². The number of aromatic hydroxyl groups is 1. The van der Waals surface area contributed by atoms with Gasteiger partial charge in [-0.15, -0.1) is 11.3 Å². The molecule has 0 amide bonds. The molecule has 22 heavy (non-hydrogen) atoms. The van der Waals surface area contributed by atoms with Gasteiger partial charge in [-0.25, -0.2) is 9.37 Å². The molecule has 0 aliphatic heterocycles. The Hall–Kier alpha value is -2.28. The first-order valence-electron chi connectivity index (χ1n) is 6.78. The standard InChI is InChI=1S/C15H14FN3O2S/c1-8(2)15-17-10(7-22-15)6-13-18-14(21-19-13)11-4-3-9(16)5-12(11)20/h3-5,7-8,20H,6H2,1-2H3. The molecule has 0 radical (unpaired) electrons. The zero-order chi connectivity index (χ0) is 15.7. The van der Waals surface area contributed by atoms with E-state index in [4.69, 9.17) is 4.52 Å². The number of phenolic OH excluding ortho intramolecular Hbond substituents is 1. The second-order valence-corrected chi connectivity index (χ2v) is 6.08. The van der Waals surface area contributed by atoms with E-state index in [9.17, 15) is 9.50 Å². The lowest BCUT2D eigenvalue weighted by Crippen LogP contribution is -1.93. The van der Waals surface area contributed by atoms with Crippen LogP contribution < -0.4 is 0 Å². The minimum Gasteiger partial charge on any atom is -0.507 e. The van der Waals surface area contributed by atoms with Crippen molar-refractivity contribution in [3.05, 3.63) is 45.9 Å². The number of halogens is 1. The summed E-state index contributed by atoms with van der Waals surface area (Å²) in [5.41, 5.74) is 1.19. The van der Waals surface area contributed by atoms with Crippen LogP contribution in [-0.2, 0) is 6.42 Å². The lowest BCUT2D eigenvalue weighted by Gasteiger charge is -1.98. The summed E-state index contributed by atoms with van der Waals surface area (Å²) in [5, 5.41) is 16.6. The number of thiazole rings is 1. The summed E-state index contributed by atoms with van der Waals surface area (Å²) in [4.78, 5) is 8.74. The third-order valence-electron chi connectivity index (χ3n) is 3.06. The van der Waals surface area contributed by atoms with Gasteiger partial charge in [-0.05, 0) is 12.1 Å². The van der Waals surface area contributed by atoms with Gasteiger partial charge in [-0.2, -0.15) is 4.98 Å². The van der Waals surface area contributed by atoms with Crippen molar-refractivity contribution in [3.8, 4) is 17.2 Å². The maximum Gasteiger partial charge on any atom is 0.261 e. The van der Waals surface area contributed by atoms with E-state index in [2.05, 4.69) is 29.0 Å². The Balaban J connectivity index is 1.81. The van der Waals surface area contributed by atoms with E-state index < -0.39 is 5.82 Å². The van der Waals surface area contributed by atoms with Crippen LogP contribution in [0, 0.1) is 5.82 Å². The van der Waals surface area contributed by atoms with Gasteiger partial charge in [0, 0.05) is 17.4 Å². The zero-order valence-corrected chi connectivity index (χ0v) is 12.9. The molecule has 0 aliphatic carbocycles. The molecule has 1 N–H and O–H groups in total. The molecule has 7 heteroatoms. The highest BCUT2D eigenvalue weighted by atomic mass is 32.1. The average molecular weight is 319 g/mol. The van der Waals surface area contributed by atoms with Crippen molar-refractivity contribution in [2.75, 3.05) is 0 Å². The molecule has 5 nitrogen and oxygen atoms in total. The fourth-order valence-corrected chi connectivity index (χ4v) is 2.79. The number of hydrogen-bond donors (Lipinski definition) is 1. The summed E-state index contributed by atoms with van der Waals surface area (Å²) in [6.45, 7) is 4.18. The van der Waals surface area contributed by atoms with E-state index >= 15 is 0 Å². The lowest BCUT2D eigenvalue weighted by molar-refractivity contribution is 0.417. The van der Waals surface area contributed by atoms with Crippen LogP contribution >= 0.6 is 11.3 Å². The number of phenols is 1. The molecule has 2 aromatic heterocycles. The maximum absolute atomic E-state index is 13.0. The highest BCUT2D eigenvalue weighted by molar-refractivity contribution is 7.09. The number of nitrogens with zero attached hydrogens (tertiary/aromatic N) is 3. The normalized spacial score (nSPS) is 11.3. The first-order valence-corrected chi connectivity index (χ1v) is 7.66. The van der Waals surface area contributed by atoms with Crippen LogP contribution in [0.15, 0.2) is 28.1 Å². The van der Waals surface area contributed by atoms with E-state index in [0.29, 0.717) is 23.7 Å². The Kier molecular flexibility index (Phi) is 3.89. The SMILES string of the molecule is CC(C)c1nc(Cc2noc(-c3ccc(F)cc3O)n2)cs1.